The van der Waals surface area contributed by atoms with Crippen LogP contribution in [0.1, 0.15) is 29.2 Å². The van der Waals surface area contributed by atoms with Crippen molar-refractivity contribution in [3.63, 3.8) is 0 Å². The van der Waals surface area contributed by atoms with Crippen molar-refractivity contribution in [2.45, 2.75) is 20.8 Å². The van der Waals surface area contributed by atoms with Gasteiger partial charge in [-0.2, -0.15) is 0 Å². The number of hydrogen-bond donors (Lipinski definition) is 0. The Kier molecular flexibility index (Phi) is 3.34. The van der Waals surface area contributed by atoms with Crippen LogP contribution in [-0.2, 0) is 0 Å². The lowest BCUT2D eigenvalue weighted by molar-refractivity contribution is 0.343. The average molecular weight is 321 g/mol. The van der Waals surface area contributed by atoms with E-state index in [-0.39, 0.29) is 0 Å². The topological polar surface area (TPSA) is 44.5 Å². The van der Waals surface area contributed by atoms with Gasteiger partial charge in [0.15, 0.2) is 0 Å². The Balaban J connectivity index is 2.05. The number of rotatable bonds is 2. The highest BCUT2D eigenvalue weighted by Gasteiger charge is 2.26. The van der Waals surface area contributed by atoms with E-state index in [4.69, 9.17) is 13.9 Å². The van der Waals surface area contributed by atoms with Crippen LogP contribution < -0.4 is 9.47 Å². The number of methoxy groups -OCH3 is 1. The summed E-state index contributed by atoms with van der Waals surface area (Å²) in [4.78, 5) is 4.29. The molecular weight excluding hydrogens is 302 g/mol. The molecule has 3 heterocycles. The third-order valence-electron chi connectivity index (χ3n) is 4.64. The van der Waals surface area contributed by atoms with E-state index >= 15 is 0 Å². The fourth-order valence-corrected chi connectivity index (χ4v) is 3.41. The zero-order valence-electron chi connectivity index (χ0n) is 14.3. The molecule has 0 saturated heterocycles. The lowest BCUT2D eigenvalue weighted by Crippen LogP contribution is -2.12. The van der Waals surface area contributed by atoms with E-state index in [1.165, 1.54) is 0 Å². The van der Waals surface area contributed by atoms with Gasteiger partial charge in [-0.1, -0.05) is 0 Å². The molecule has 4 rings (SSSR count). The lowest BCUT2D eigenvalue weighted by atomic mass is 9.89. The Morgan fingerprint density at radius 3 is 2.79 bits per heavy atom. The highest BCUT2D eigenvalue weighted by molar-refractivity contribution is 5.96. The highest BCUT2D eigenvalue weighted by atomic mass is 16.5. The molecule has 122 valence electrons. The van der Waals surface area contributed by atoms with E-state index < -0.39 is 0 Å². The maximum atomic E-state index is 6.03. The van der Waals surface area contributed by atoms with Crippen LogP contribution in [0.2, 0.25) is 0 Å². The predicted molar refractivity (Wildman–Crippen MR) is 93.7 cm³/mol. The Labute approximate surface area is 140 Å². The standard InChI is InChI=1S/C20H19NO3/c1-11-9-23-19-13(3)20-15(7-14(11)19)18(12(2)10-24-20)16-8-21-6-5-17(16)22-4/h5-9H,10H2,1-4H3. The summed E-state index contributed by atoms with van der Waals surface area (Å²) in [5.41, 5.74) is 7.39. The van der Waals surface area contributed by atoms with Crippen molar-refractivity contribution in [2.75, 3.05) is 13.7 Å². The van der Waals surface area contributed by atoms with Gasteiger partial charge in [0.05, 0.1) is 13.4 Å². The van der Waals surface area contributed by atoms with E-state index in [1.54, 1.807) is 19.6 Å². The number of furan rings is 1. The minimum absolute atomic E-state index is 0.548. The van der Waals surface area contributed by atoms with Gasteiger partial charge in [-0.3, -0.25) is 4.98 Å². The monoisotopic (exact) mass is 321 g/mol. The third kappa shape index (κ3) is 2.03. The number of aromatic nitrogens is 1. The number of benzene rings is 1. The zero-order chi connectivity index (χ0) is 16.8. The van der Waals surface area contributed by atoms with Crippen LogP contribution >= 0.6 is 0 Å². The smallest absolute Gasteiger partial charge is 0.140 e. The summed E-state index contributed by atoms with van der Waals surface area (Å²) in [6.07, 6.45) is 5.39. The molecule has 0 aliphatic carbocycles. The molecule has 2 aromatic heterocycles. The van der Waals surface area contributed by atoms with Crippen LogP contribution in [0.4, 0.5) is 0 Å². The molecule has 0 saturated carbocycles. The average Bonchev–Trinajstić information content (AvgIpc) is 2.96. The van der Waals surface area contributed by atoms with Crippen LogP contribution in [0.5, 0.6) is 11.5 Å². The molecule has 0 unspecified atom stereocenters. The number of fused-ring (bicyclic) bond motifs is 2. The first kappa shape index (κ1) is 14.8. The van der Waals surface area contributed by atoms with E-state index in [1.807, 2.05) is 19.2 Å². The third-order valence-corrected chi connectivity index (χ3v) is 4.64. The highest BCUT2D eigenvalue weighted by Crippen LogP contribution is 2.45. The van der Waals surface area contributed by atoms with E-state index in [2.05, 4.69) is 24.9 Å². The van der Waals surface area contributed by atoms with Crippen molar-refractivity contribution in [1.29, 1.82) is 0 Å². The number of pyridine rings is 1. The quantitative estimate of drug-likeness (QED) is 0.688. The van der Waals surface area contributed by atoms with Crippen LogP contribution in [0.3, 0.4) is 0 Å². The normalized spacial score (nSPS) is 13.8. The molecular formula is C20H19NO3. The Bertz CT molecular complexity index is 982. The van der Waals surface area contributed by atoms with Gasteiger partial charge < -0.3 is 13.9 Å². The van der Waals surface area contributed by atoms with Crippen molar-refractivity contribution in [3.05, 3.63) is 58.6 Å². The lowest BCUT2D eigenvalue weighted by Gasteiger charge is -2.25. The molecule has 4 nitrogen and oxygen atoms in total. The fourth-order valence-electron chi connectivity index (χ4n) is 3.41. The number of hydrogen-bond acceptors (Lipinski definition) is 4. The van der Waals surface area contributed by atoms with Gasteiger partial charge in [0.25, 0.3) is 0 Å². The molecule has 4 heteroatoms. The molecule has 0 fully saturated rings. The predicted octanol–water partition coefficient (Wildman–Crippen LogP) is 4.67. The molecule has 0 amide bonds. The summed E-state index contributed by atoms with van der Waals surface area (Å²) in [6, 6.07) is 4.04. The van der Waals surface area contributed by atoms with Crippen LogP contribution in [0.15, 0.2) is 40.8 Å². The Hall–Kier alpha value is -2.75. The number of ether oxygens (including phenoxy) is 2. The summed E-state index contributed by atoms with van der Waals surface area (Å²) in [5, 5.41) is 1.12. The molecule has 0 N–H and O–H groups in total. The van der Waals surface area contributed by atoms with Crippen molar-refractivity contribution in [3.8, 4) is 11.5 Å². The second kappa shape index (κ2) is 5.41. The minimum Gasteiger partial charge on any atom is -0.496 e. The Morgan fingerprint density at radius 1 is 1.17 bits per heavy atom. The largest absolute Gasteiger partial charge is 0.496 e. The first-order valence-electron chi connectivity index (χ1n) is 7.94. The summed E-state index contributed by atoms with van der Waals surface area (Å²) in [6.45, 7) is 6.74. The summed E-state index contributed by atoms with van der Waals surface area (Å²) in [5.74, 6) is 1.69. The molecule has 0 spiro atoms. The van der Waals surface area contributed by atoms with Crippen LogP contribution in [0, 0.1) is 13.8 Å². The van der Waals surface area contributed by atoms with Gasteiger partial charge in [-0.25, -0.2) is 0 Å². The van der Waals surface area contributed by atoms with Gasteiger partial charge in [-0.15, -0.1) is 0 Å². The van der Waals surface area contributed by atoms with Gasteiger partial charge in [0.2, 0.25) is 0 Å². The maximum absolute atomic E-state index is 6.03. The van der Waals surface area contributed by atoms with Crippen molar-refractivity contribution >= 4 is 16.5 Å². The number of aryl methyl sites for hydroxylation is 2. The Morgan fingerprint density at radius 2 is 2.00 bits per heavy atom. The SMILES string of the molecule is COc1ccncc1C1=C(C)COc2c1cc1c(C)coc1c2C. The first-order chi connectivity index (χ1) is 11.6. The van der Waals surface area contributed by atoms with Gasteiger partial charge in [0.1, 0.15) is 23.7 Å². The van der Waals surface area contributed by atoms with Gasteiger partial charge in [0, 0.05) is 40.0 Å². The fraction of sp³-hybridized carbons (Fsp3) is 0.250. The molecule has 1 aromatic carbocycles. The zero-order valence-corrected chi connectivity index (χ0v) is 14.3. The van der Waals surface area contributed by atoms with Gasteiger partial charge >= 0.3 is 0 Å². The maximum Gasteiger partial charge on any atom is 0.140 e. The molecule has 3 aromatic rings. The summed E-state index contributed by atoms with van der Waals surface area (Å²) >= 11 is 0. The summed E-state index contributed by atoms with van der Waals surface area (Å²) < 4.78 is 17.3. The van der Waals surface area contributed by atoms with E-state index in [0.29, 0.717) is 6.61 Å². The van der Waals surface area contributed by atoms with Crippen LogP contribution in [-0.4, -0.2) is 18.7 Å². The molecule has 0 atom stereocenters. The number of nitrogens with zero attached hydrogens (tertiary/aromatic N) is 1. The van der Waals surface area contributed by atoms with Crippen LogP contribution in [0.25, 0.3) is 16.5 Å². The second-order valence-electron chi connectivity index (χ2n) is 6.19. The molecule has 0 bridgehead atoms. The molecule has 24 heavy (non-hydrogen) atoms. The van der Waals surface area contributed by atoms with Gasteiger partial charge in [-0.05, 0) is 44.0 Å². The minimum atomic E-state index is 0.548. The van der Waals surface area contributed by atoms with Crippen molar-refractivity contribution in [2.24, 2.45) is 0 Å². The second-order valence-corrected chi connectivity index (χ2v) is 6.19. The first-order valence-corrected chi connectivity index (χ1v) is 7.94. The molecule has 1 aliphatic heterocycles. The van der Waals surface area contributed by atoms with Crippen molar-refractivity contribution in [1.82, 2.24) is 4.98 Å². The molecule has 0 radical (unpaired) electrons. The van der Waals surface area contributed by atoms with Crippen molar-refractivity contribution < 1.29 is 13.9 Å². The summed E-state index contributed by atoms with van der Waals surface area (Å²) in [7, 11) is 1.68. The van der Waals surface area contributed by atoms with E-state index in [9.17, 15) is 0 Å². The van der Waals surface area contributed by atoms with E-state index in [0.717, 1.165) is 55.9 Å². The molecule has 1 aliphatic rings.